The molecule has 104 valence electrons. The van der Waals surface area contributed by atoms with Gasteiger partial charge in [-0.15, -0.1) is 10.2 Å². The molecule has 0 N–H and O–H groups in total. The van der Waals surface area contributed by atoms with Gasteiger partial charge in [0.05, 0.1) is 12.5 Å². The molecule has 0 atom stereocenters. The molecule has 2 aromatic heterocycles. The Labute approximate surface area is 126 Å². The molecule has 21 heavy (non-hydrogen) atoms. The SMILES string of the molecule is c1ccc(-c2nnc3n2CN(c2ccncc2)CS3)cc1. The molecule has 4 rings (SSSR count). The molecular formula is C15H13N5S. The Morgan fingerprint density at radius 2 is 1.76 bits per heavy atom. The van der Waals surface area contributed by atoms with E-state index in [-0.39, 0.29) is 0 Å². The highest BCUT2D eigenvalue weighted by molar-refractivity contribution is 7.99. The van der Waals surface area contributed by atoms with Gasteiger partial charge in [0.1, 0.15) is 0 Å². The molecule has 0 unspecified atom stereocenters. The molecule has 1 aliphatic heterocycles. The summed E-state index contributed by atoms with van der Waals surface area (Å²) < 4.78 is 2.16. The Morgan fingerprint density at radius 1 is 0.952 bits per heavy atom. The minimum Gasteiger partial charge on any atom is -0.343 e. The largest absolute Gasteiger partial charge is 0.343 e. The van der Waals surface area contributed by atoms with Crippen molar-refractivity contribution in [2.75, 3.05) is 10.8 Å². The maximum atomic E-state index is 4.35. The van der Waals surface area contributed by atoms with Gasteiger partial charge in [0, 0.05) is 23.6 Å². The van der Waals surface area contributed by atoms with Crippen LogP contribution >= 0.6 is 11.8 Å². The highest BCUT2D eigenvalue weighted by Crippen LogP contribution is 2.31. The Balaban J connectivity index is 1.70. The number of fused-ring (bicyclic) bond motifs is 1. The number of anilines is 1. The zero-order valence-corrected chi connectivity index (χ0v) is 12.1. The molecule has 1 aliphatic rings. The first-order chi connectivity index (χ1) is 10.4. The fourth-order valence-corrected chi connectivity index (χ4v) is 3.28. The second-order valence-electron chi connectivity index (χ2n) is 4.76. The van der Waals surface area contributed by atoms with E-state index in [4.69, 9.17) is 0 Å². The van der Waals surface area contributed by atoms with Crippen LogP contribution in [0.3, 0.4) is 0 Å². The topological polar surface area (TPSA) is 46.8 Å². The quantitative estimate of drug-likeness (QED) is 0.727. The smallest absolute Gasteiger partial charge is 0.194 e. The summed E-state index contributed by atoms with van der Waals surface area (Å²) in [4.78, 5) is 6.36. The number of hydrogen-bond donors (Lipinski definition) is 0. The Morgan fingerprint density at radius 3 is 2.57 bits per heavy atom. The normalized spacial score (nSPS) is 14.0. The van der Waals surface area contributed by atoms with Gasteiger partial charge in [0.2, 0.25) is 0 Å². The summed E-state index contributed by atoms with van der Waals surface area (Å²) in [5.41, 5.74) is 2.25. The average molecular weight is 295 g/mol. The van der Waals surface area contributed by atoms with Crippen molar-refractivity contribution < 1.29 is 0 Å². The Kier molecular flexibility index (Phi) is 3.08. The fourth-order valence-electron chi connectivity index (χ4n) is 2.38. The number of aromatic nitrogens is 4. The van der Waals surface area contributed by atoms with Crippen LogP contribution in [0.5, 0.6) is 0 Å². The zero-order valence-electron chi connectivity index (χ0n) is 11.3. The highest BCUT2D eigenvalue weighted by Gasteiger charge is 2.22. The maximum Gasteiger partial charge on any atom is 0.194 e. The van der Waals surface area contributed by atoms with Crippen LogP contribution in [-0.2, 0) is 6.67 Å². The van der Waals surface area contributed by atoms with E-state index in [2.05, 4.69) is 36.8 Å². The van der Waals surface area contributed by atoms with Gasteiger partial charge in [-0.1, -0.05) is 42.1 Å². The fraction of sp³-hybridized carbons (Fsp3) is 0.133. The highest BCUT2D eigenvalue weighted by atomic mass is 32.2. The van der Waals surface area contributed by atoms with E-state index in [0.717, 1.165) is 34.8 Å². The first-order valence-corrected chi connectivity index (χ1v) is 7.67. The van der Waals surface area contributed by atoms with Gasteiger partial charge in [-0.05, 0) is 12.1 Å². The third kappa shape index (κ3) is 2.27. The predicted molar refractivity (Wildman–Crippen MR) is 82.9 cm³/mol. The number of rotatable bonds is 2. The average Bonchev–Trinajstić information content (AvgIpc) is 2.99. The van der Waals surface area contributed by atoms with Crippen LogP contribution in [0.1, 0.15) is 0 Å². The van der Waals surface area contributed by atoms with E-state index in [9.17, 15) is 0 Å². The van der Waals surface area contributed by atoms with Crippen LogP contribution in [0.25, 0.3) is 11.4 Å². The third-order valence-electron chi connectivity index (χ3n) is 3.44. The number of benzene rings is 1. The molecule has 1 aromatic carbocycles. The molecule has 0 aliphatic carbocycles. The lowest BCUT2D eigenvalue weighted by atomic mass is 10.2. The summed E-state index contributed by atoms with van der Waals surface area (Å²) >= 11 is 1.70. The predicted octanol–water partition coefficient (Wildman–Crippen LogP) is 2.87. The van der Waals surface area contributed by atoms with Crippen molar-refractivity contribution in [3.63, 3.8) is 0 Å². The molecule has 0 amide bonds. The van der Waals surface area contributed by atoms with Crippen molar-refractivity contribution in [2.24, 2.45) is 0 Å². The van der Waals surface area contributed by atoms with Crippen LogP contribution in [-0.4, -0.2) is 25.6 Å². The third-order valence-corrected chi connectivity index (χ3v) is 4.44. The van der Waals surface area contributed by atoms with Crippen molar-refractivity contribution in [3.8, 4) is 11.4 Å². The van der Waals surface area contributed by atoms with Gasteiger partial charge in [0.15, 0.2) is 11.0 Å². The lowest BCUT2D eigenvalue weighted by Gasteiger charge is -2.29. The number of thioether (sulfide) groups is 1. The summed E-state index contributed by atoms with van der Waals surface area (Å²) in [5, 5.41) is 9.62. The summed E-state index contributed by atoms with van der Waals surface area (Å²) in [6.45, 7) is 0.754. The van der Waals surface area contributed by atoms with Crippen molar-refractivity contribution in [2.45, 2.75) is 11.8 Å². The second-order valence-corrected chi connectivity index (χ2v) is 5.67. The van der Waals surface area contributed by atoms with E-state index in [1.165, 1.54) is 0 Å². The van der Waals surface area contributed by atoms with Crippen LogP contribution in [0.4, 0.5) is 5.69 Å². The van der Waals surface area contributed by atoms with E-state index >= 15 is 0 Å². The van der Waals surface area contributed by atoms with Gasteiger partial charge in [-0.2, -0.15) is 0 Å². The van der Waals surface area contributed by atoms with Gasteiger partial charge < -0.3 is 4.90 Å². The Hall–Kier alpha value is -2.34. The first-order valence-electron chi connectivity index (χ1n) is 6.68. The van der Waals surface area contributed by atoms with Crippen LogP contribution in [0.15, 0.2) is 60.0 Å². The van der Waals surface area contributed by atoms with Gasteiger partial charge in [-0.25, -0.2) is 0 Å². The van der Waals surface area contributed by atoms with Crippen molar-refractivity contribution in [1.82, 2.24) is 19.7 Å². The monoisotopic (exact) mass is 295 g/mol. The maximum absolute atomic E-state index is 4.35. The zero-order chi connectivity index (χ0) is 14.1. The Bertz CT molecular complexity index is 741. The summed E-state index contributed by atoms with van der Waals surface area (Å²) in [6, 6.07) is 14.2. The van der Waals surface area contributed by atoms with Crippen LogP contribution in [0, 0.1) is 0 Å². The molecule has 0 saturated heterocycles. The lowest BCUT2D eigenvalue weighted by Crippen LogP contribution is -2.30. The first kappa shape index (κ1) is 12.4. The molecule has 0 spiro atoms. The molecular weight excluding hydrogens is 282 g/mol. The summed E-state index contributed by atoms with van der Waals surface area (Å²) in [7, 11) is 0. The molecule has 5 nitrogen and oxygen atoms in total. The van der Waals surface area contributed by atoms with E-state index in [0.29, 0.717) is 0 Å². The molecule has 6 heteroatoms. The molecule has 0 radical (unpaired) electrons. The van der Waals surface area contributed by atoms with E-state index in [1.807, 2.05) is 42.7 Å². The minimum absolute atomic E-state index is 0.754. The van der Waals surface area contributed by atoms with Gasteiger partial charge in [-0.3, -0.25) is 9.55 Å². The minimum atomic E-state index is 0.754. The number of pyridine rings is 1. The molecule has 0 saturated carbocycles. The van der Waals surface area contributed by atoms with Gasteiger partial charge in [0.25, 0.3) is 0 Å². The number of nitrogens with zero attached hydrogens (tertiary/aromatic N) is 5. The van der Waals surface area contributed by atoms with Crippen LogP contribution < -0.4 is 4.90 Å². The van der Waals surface area contributed by atoms with E-state index in [1.54, 1.807) is 11.8 Å². The molecule has 0 bridgehead atoms. The molecule has 3 heterocycles. The van der Waals surface area contributed by atoms with Crippen LogP contribution in [0.2, 0.25) is 0 Å². The number of hydrogen-bond acceptors (Lipinski definition) is 5. The van der Waals surface area contributed by atoms with Crippen molar-refractivity contribution in [1.29, 1.82) is 0 Å². The summed E-state index contributed by atoms with van der Waals surface area (Å²) in [5.74, 6) is 1.79. The van der Waals surface area contributed by atoms with Crippen molar-refractivity contribution in [3.05, 3.63) is 54.9 Å². The molecule has 0 fully saturated rings. The second kappa shape index (κ2) is 5.21. The summed E-state index contributed by atoms with van der Waals surface area (Å²) in [6.07, 6.45) is 3.64. The van der Waals surface area contributed by atoms with Crippen molar-refractivity contribution >= 4 is 17.4 Å². The van der Waals surface area contributed by atoms with Gasteiger partial charge >= 0.3 is 0 Å². The standard InChI is InChI=1S/C15H13N5S/c1-2-4-12(5-3-1)14-17-18-15-20(14)10-19(11-21-15)13-6-8-16-9-7-13/h1-9H,10-11H2. The molecule has 3 aromatic rings. The lowest BCUT2D eigenvalue weighted by molar-refractivity contribution is 0.608. The van der Waals surface area contributed by atoms with E-state index < -0.39 is 0 Å².